The van der Waals surface area contributed by atoms with E-state index in [-0.39, 0.29) is 12.1 Å². The highest BCUT2D eigenvalue weighted by atomic mass is 32.2. The van der Waals surface area contributed by atoms with Gasteiger partial charge in [0.25, 0.3) is 0 Å². The first-order chi connectivity index (χ1) is 12.2. The molecule has 1 atom stereocenters. The molecule has 26 heavy (non-hydrogen) atoms. The Hall–Kier alpha value is -2.29. The molecule has 0 saturated carbocycles. The minimum Gasteiger partial charge on any atom is -0.387 e. The minimum atomic E-state index is -3.86. The predicted octanol–water partition coefficient (Wildman–Crippen LogP) is 2.61. The van der Waals surface area contributed by atoms with E-state index < -0.39 is 33.5 Å². The Balaban J connectivity index is 1.67. The van der Waals surface area contributed by atoms with Crippen LogP contribution in [-0.4, -0.2) is 24.6 Å². The standard InChI is InChI=1S/C18H18F2N2O3S/c1-22-5-4-13-8-14(2-3-17(13)22)18(23)10-21-26(24,25)11-12-6-15(19)9-16(20)7-12/h2-9,18,21,23H,10-11H2,1H3. The van der Waals surface area contributed by atoms with Gasteiger partial charge in [0.15, 0.2) is 0 Å². The highest BCUT2D eigenvalue weighted by Crippen LogP contribution is 2.21. The molecule has 5 nitrogen and oxygen atoms in total. The van der Waals surface area contributed by atoms with E-state index in [1.165, 1.54) is 0 Å². The summed E-state index contributed by atoms with van der Waals surface area (Å²) < 4.78 is 54.8. The molecule has 8 heteroatoms. The lowest BCUT2D eigenvalue weighted by atomic mass is 10.1. The lowest BCUT2D eigenvalue weighted by Gasteiger charge is -2.13. The van der Waals surface area contributed by atoms with Gasteiger partial charge in [-0.1, -0.05) is 6.07 Å². The zero-order valence-corrected chi connectivity index (χ0v) is 14.8. The number of halogens is 2. The largest absolute Gasteiger partial charge is 0.387 e. The molecule has 0 aliphatic heterocycles. The molecule has 0 aliphatic carbocycles. The highest BCUT2D eigenvalue weighted by Gasteiger charge is 2.16. The number of hydrogen-bond acceptors (Lipinski definition) is 3. The second-order valence-electron chi connectivity index (χ2n) is 6.15. The first kappa shape index (κ1) is 18.5. The topological polar surface area (TPSA) is 71.3 Å². The number of hydrogen-bond donors (Lipinski definition) is 2. The van der Waals surface area contributed by atoms with Gasteiger partial charge in [0, 0.05) is 31.4 Å². The van der Waals surface area contributed by atoms with Crippen LogP contribution in [0.3, 0.4) is 0 Å². The molecular weight excluding hydrogens is 362 g/mol. The smallest absolute Gasteiger partial charge is 0.215 e. The maximum atomic E-state index is 13.2. The molecule has 0 aliphatic rings. The van der Waals surface area contributed by atoms with Gasteiger partial charge in [-0.3, -0.25) is 0 Å². The van der Waals surface area contributed by atoms with Crippen molar-refractivity contribution in [3.8, 4) is 0 Å². The minimum absolute atomic E-state index is 0.00445. The van der Waals surface area contributed by atoms with E-state index in [4.69, 9.17) is 0 Å². The van der Waals surface area contributed by atoms with Gasteiger partial charge in [0.1, 0.15) is 11.6 Å². The number of nitrogens with zero attached hydrogens (tertiary/aromatic N) is 1. The summed E-state index contributed by atoms with van der Waals surface area (Å²) in [5, 5.41) is 11.2. The van der Waals surface area contributed by atoms with Crippen molar-refractivity contribution in [1.82, 2.24) is 9.29 Å². The first-order valence-electron chi connectivity index (χ1n) is 7.89. The molecule has 2 aromatic carbocycles. The molecule has 0 saturated heterocycles. The lowest BCUT2D eigenvalue weighted by molar-refractivity contribution is 0.182. The first-order valence-corrected chi connectivity index (χ1v) is 9.54. The van der Waals surface area contributed by atoms with Crippen molar-refractivity contribution in [3.63, 3.8) is 0 Å². The Kier molecular flexibility index (Phi) is 5.08. The number of aromatic nitrogens is 1. The van der Waals surface area contributed by atoms with Gasteiger partial charge in [-0.2, -0.15) is 0 Å². The van der Waals surface area contributed by atoms with Crippen molar-refractivity contribution < 1.29 is 22.3 Å². The fraction of sp³-hybridized carbons (Fsp3) is 0.222. The summed E-state index contributed by atoms with van der Waals surface area (Å²) in [5.74, 6) is -2.26. The van der Waals surface area contributed by atoms with E-state index in [0.29, 0.717) is 11.6 Å². The zero-order valence-electron chi connectivity index (χ0n) is 14.0. The fourth-order valence-corrected chi connectivity index (χ4v) is 3.92. The van der Waals surface area contributed by atoms with E-state index in [0.717, 1.165) is 23.0 Å². The van der Waals surface area contributed by atoms with Crippen LogP contribution in [0.2, 0.25) is 0 Å². The van der Waals surface area contributed by atoms with Crippen LogP contribution in [0, 0.1) is 11.6 Å². The Morgan fingerprint density at radius 1 is 1.12 bits per heavy atom. The third kappa shape index (κ3) is 4.27. The molecule has 2 N–H and O–H groups in total. The Bertz CT molecular complexity index is 1030. The van der Waals surface area contributed by atoms with Gasteiger partial charge in [0.2, 0.25) is 10.0 Å². The van der Waals surface area contributed by atoms with Gasteiger partial charge in [0.05, 0.1) is 11.9 Å². The van der Waals surface area contributed by atoms with Crippen LogP contribution >= 0.6 is 0 Å². The Morgan fingerprint density at radius 3 is 2.50 bits per heavy atom. The van der Waals surface area contributed by atoms with Crippen molar-refractivity contribution in [1.29, 1.82) is 0 Å². The number of nitrogens with one attached hydrogen (secondary N) is 1. The van der Waals surface area contributed by atoms with Crippen LogP contribution in [0.25, 0.3) is 10.9 Å². The van der Waals surface area contributed by atoms with E-state index in [1.54, 1.807) is 12.1 Å². The summed E-state index contributed by atoms with van der Waals surface area (Å²) >= 11 is 0. The molecule has 138 valence electrons. The molecule has 1 heterocycles. The Labute approximate surface area is 149 Å². The van der Waals surface area contributed by atoms with E-state index in [2.05, 4.69) is 4.72 Å². The summed E-state index contributed by atoms with van der Waals surface area (Å²) in [5.41, 5.74) is 1.56. The van der Waals surface area contributed by atoms with Gasteiger partial charge in [-0.25, -0.2) is 21.9 Å². The van der Waals surface area contributed by atoms with Crippen molar-refractivity contribution >= 4 is 20.9 Å². The highest BCUT2D eigenvalue weighted by molar-refractivity contribution is 7.88. The number of benzene rings is 2. The number of rotatable bonds is 6. The van der Waals surface area contributed by atoms with Crippen molar-refractivity contribution in [3.05, 3.63) is 71.4 Å². The molecule has 3 rings (SSSR count). The average Bonchev–Trinajstić information content (AvgIpc) is 2.92. The monoisotopic (exact) mass is 380 g/mol. The van der Waals surface area contributed by atoms with E-state index in [9.17, 15) is 22.3 Å². The average molecular weight is 380 g/mol. The van der Waals surface area contributed by atoms with Crippen LogP contribution in [-0.2, 0) is 22.8 Å². The molecule has 0 spiro atoms. The molecule has 1 aromatic heterocycles. The number of aliphatic hydroxyl groups is 1. The van der Waals surface area contributed by atoms with Crippen molar-refractivity contribution in [2.24, 2.45) is 7.05 Å². The van der Waals surface area contributed by atoms with E-state index >= 15 is 0 Å². The fourth-order valence-electron chi connectivity index (χ4n) is 2.80. The summed E-state index contributed by atoms with van der Waals surface area (Å²) in [6, 6.07) is 9.85. The normalized spacial score (nSPS) is 13.2. The molecule has 0 fully saturated rings. The maximum Gasteiger partial charge on any atom is 0.215 e. The number of aliphatic hydroxyl groups excluding tert-OH is 1. The van der Waals surface area contributed by atoms with Crippen LogP contribution in [0.15, 0.2) is 48.7 Å². The molecule has 0 amide bonds. The number of fused-ring (bicyclic) bond motifs is 1. The van der Waals surface area contributed by atoms with Gasteiger partial charge >= 0.3 is 0 Å². The van der Waals surface area contributed by atoms with Gasteiger partial charge in [-0.05, 0) is 46.8 Å². The number of sulfonamides is 1. The summed E-state index contributed by atoms with van der Waals surface area (Å²) in [6.45, 7) is -0.238. The van der Waals surface area contributed by atoms with Crippen LogP contribution in [0.5, 0.6) is 0 Å². The predicted molar refractivity (Wildman–Crippen MR) is 94.9 cm³/mol. The summed E-state index contributed by atoms with van der Waals surface area (Å²) in [7, 11) is -1.95. The molecule has 0 bridgehead atoms. The van der Waals surface area contributed by atoms with Gasteiger partial charge < -0.3 is 9.67 Å². The van der Waals surface area contributed by atoms with Crippen molar-refractivity contribution in [2.45, 2.75) is 11.9 Å². The third-order valence-electron chi connectivity index (χ3n) is 4.07. The van der Waals surface area contributed by atoms with E-state index in [1.807, 2.05) is 29.9 Å². The summed E-state index contributed by atoms with van der Waals surface area (Å²) in [4.78, 5) is 0. The third-order valence-corrected chi connectivity index (χ3v) is 5.39. The Morgan fingerprint density at radius 2 is 1.81 bits per heavy atom. The van der Waals surface area contributed by atoms with Crippen LogP contribution in [0.1, 0.15) is 17.2 Å². The van der Waals surface area contributed by atoms with Gasteiger partial charge in [-0.15, -0.1) is 0 Å². The lowest BCUT2D eigenvalue weighted by Crippen LogP contribution is -2.29. The number of aryl methyl sites for hydroxylation is 1. The van der Waals surface area contributed by atoms with Crippen LogP contribution in [0.4, 0.5) is 8.78 Å². The molecule has 0 radical (unpaired) electrons. The van der Waals surface area contributed by atoms with Crippen LogP contribution < -0.4 is 4.72 Å². The molecule has 1 unspecified atom stereocenters. The molecule has 3 aromatic rings. The SMILES string of the molecule is Cn1ccc2cc(C(O)CNS(=O)(=O)Cc3cc(F)cc(F)c3)ccc21. The molecular formula is C18H18F2N2O3S. The second-order valence-corrected chi connectivity index (χ2v) is 7.95. The van der Waals surface area contributed by atoms with Crippen molar-refractivity contribution in [2.75, 3.05) is 6.54 Å². The second kappa shape index (κ2) is 7.14. The quantitative estimate of drug-likeness (QED) is 0.691. The zero-order chi connectivity index (χ0) is 18.9. The maximum absolute atomic E-state index is 13.2. The summed E-state index contributed by atoms with van der Waals surface area (Å²) in [6.07, 6.45) is 0.848.